The highest BCUT2D eigenvalue weighted by Crippen LogP contribution is 2.20. The highest BCUT2D eigenvalue weighted by atomic mass is 16.5. The van der Waals surface area contributed by atoms with Gasteiger partial charge < -0.3 is 10.5 Å². The fraction of sp³-hybridized carbons (Fsp3) is 0.333. The Labute approximate surface area is 103 Å². The van der Waals surface area contributed by atoms with Gasteiger partial charge in [0.25, 0.3) is 5.56 Å². The third kappa shape index (κ3) is 1.62. The third-order valence-corrected chi connectivity index (χ3v) is 2.92. The molecule has 0 radical (unpaired) electrons. The van der Waals surface area contributed by atoms with Crippen LogP contribution < -0.4 is 21.7 Å². The van der Waals surface area contributed by atoms with E-state index in [0.717, 1.165) is 4.57 Å². The smallest absolute Gasteiger partial charge is 0.332 e. The molecule has 2 aromatic rings. The van der Waals surface area contributed by atoms with Crippen LogP contribution in [0.5, 0.6) is 5.75 Å². The van der Waals surface area contributed by atoms with E-state index in [0.29, 0.717) is 16.7 Å². The molecule has 0 bridgehead atoms. The Balaban J connectivity index is 3.10. The van der Waals surface area contributed by atoms with E-state index in [1.807, 2.05) is 0 Å². The lowest BCUT2D eigenvalue weighted by molar-refractivity contribution is 0.418. The topological polar surface area (TPSA) is 79.2 Å². The summed E-state index contributed by atoms with van der Waals surface area (Å²) in [7, 11) is 3.08. The monoisotopic (exact) mass is 249 g/mol. The molecule has 1 atom stereocenters. The van der Waals surface area contributed by atoms with E-state index in [1.54, 1.807) is 32.2 Å². The van der Waals surface area contributed by atoms with Crippen molar-refractivity contribution < 1.29 is 4.74 Å². The average molecular weight is 249 g/mol. The molecule has 1 aromatic carbocycles. The number of benzene rings is 1. The van der Waals surface area contributed by atoms with Crippen LogP contribution in [0.25, 0.3) is 10.9 Å². The van der Waals surface area contributed by atoms with Crippen LogP contribution in [0.2, 0.25) is 0 Å². The van der Waals surface area contributed by atoms with Crippen LogP contribution >= 0.6 is 0 Å². The number of ether oxygens (including phenoxy) is 1. The van der Waals surface area contributed by atoms with Crippen molar-refractivity contribution in [2.24, 2.45) is 12.8 Å². The number of aromatic nitrogens is 2. The van der Waals surface area contributed by atoms with Crippen molar-refractivity contribution in [2.45, 2.75) is 13.1 Å². The average Bonchev–Trinajstić information content (AvgIpc) is 2.34. The summed E-state index contributed by atoms with van der Waals surface area (Å²) in [6, 6.07) is 5.11. The minimum Gasteiger partial charge on any atom is -0.496 e. The Morgan fingerprint density at radius 1 is 1.33 bits per heavy atom. The minimum atomic E-state index is -0.689. The highest BCUT2D eigenvalue weighted by molar-refractivity contribution is 5.84. The Hall–Kier alpha value is -2.08. The molecule has 6 heteroatoms. The van der Waals surface area contributed by atoms with E-state index in [9.17, 15) is 9.59 Å². The molecule has 2 rings (SSSR count). The van der Waals surface area contributed by atoms with E-state index in [2.05, 4.69) is 0 Å². The van der Waals surface area contributed by atoms with Crippen molar-refractivity contribution >= 4 is 10.9 Å². The second-order valence-electron chi connectivity index (χ2n) is 4.11. The van der Waals surface area contributed by atoms with Gasteiger partial charge in [0.1, 0.15) is 11.1 Å². The largest absolute Gasteiger partial charge is 0.496 e. The Morgan fingerprint density at radius 3 is 2.56 bits per heavy atom. The highest BCUT2D eigenvalue weighted by Gasteiger charge is 2.16. The maximum Gasteiger partial charge on any atom is 0.332 e. The molecule has 96 valence electrons. The minimum absolute atomic E-state index is 0.361. The van der Waals surface area contributed by atoms with Gasteiger partial charge >= 0.3 is 5.69 Å². The van der Waals surface area contributed by atoms with E-state index < -0.39 is 17.4 Å². The van der Waals surface area contributed by atoms with Crippen molar-refractivity contribution in [2.75, 3.05) is 7.11 Å². The van der Waals surface area contributed by atoms with Gasteiger partial charge in [0.15, 0.2) is 0 Å². The lowest BCUT2D eigenvalue weighted by atomic mass is 10.2. The summed E-state index contributed by atoms with van der Waals surface area (Å²) < 4.78 is 7.58. The number of aryl methyl sites for hydroxylation is 1. The molecule has 2 N–H and O–H groups in total. The summed E-state index contributed by atoms with van der Waals surface area (Å²) in [6.07, 6.45) is -0.689. The van der Waals surface area contributed by atoms with E-state index in [1.165, 1.54) is 11.7 Å². The summed E-state index contributed by atoms with van der Waals surface area (Å²) in [6.45, 7) is 1.59. The Kier molecular flexibility index (Phi) is 2.96. The molecule has 0 fully saturated rings. The number of fused-ring (bicyclic) bond motifs is 1. The second kappa shape index (κ2) is 4.30. The van der Waals surface area contributed by atoms with Crippen molar-refractivity contribution in [1.82, 2.24) is 9.13 Å². The van der Waals surface area contributed by atoms with Crippen molar-refractivity contribution in [1.29, 1.82) is 0 Å². The van der Waals surface area contributed by atoms with Gasteiger partial charge in [-0.2, -0.15) is 0 Å². The SMILES string of the molecule is COc1cccc2c1c(=O)n(C(C)N)c(=O)n2C. The van der Waals surface area contributed by atoms with Gasteiger partial charge in [0, 0.05) is 7.05 Å². The quantitative estimate of drug-likeness (QED) is 0.823. The molecule has 0 aliphatic heterocycles. The number of hydrogen-bond acceptors (Lipinski definition) is 4. The summed E-state index contributed by atoms with van der Waals surface area (Å²) in [5.41, 5.74) is 5.34. The van der Waals surface area contributed by atoms with Crippen molar-refractivity contribution in [3.8, 4) is 5.75 Å². The fourth-order valence-corrected chi connectivity index (χ4v) is 2.02. The summed E-state index contributed by atoms with van der Waals surface area (Å²) in [5, 5.41) is 0.361. The van der Waals surface area contributed by atoms with Crippen LogP contribution in [-0.2, 0) is 7.05 Å². The van der Waals surface area contributed by atoms with Crippen LogP contribution in [0, 0.1) is 0 Å². The first kappa shape index (κ1) is 12.4. The molecular weight excluding hydrogens is 234 g/mol. The summed E-state index contributed by atoms with van der Waals surface area (Å²) in [4.78, 5) is 24.4. The zero-order valence-corrected chi connectivity index (χ0v) is 10.5. The molecule has 0 aliphatic rings. The first-order chi connectivity index (χ1) is 8.49. The van der Waals surface area contributed by atoms with Gasteiger partial charge in [-0.25, -0.2) is 9.36 Å². The van der Waals surface area contributed by atoms with Gasteiger partial charge in [-0.15, -0.1) is 0 Å². The number of methoxy groups -OCH3 is 1. The zero-order chi connectivity index (χ0) is 13.4. The van der Waals surface area contributed by atoms with Gasteiger partial charge in [0.05, 0.1) is 18.8 Å². The van der Waals surface area contributed by atoms with Gasteiger partial charge in [-0.05, 0) is 19.1 Å². The molecular formula is C12H15N3O3. The van der Waals surface area contributed by atoms with Crippen LogP contribution in [0.3, 0.4) is 0 Å². The molecule has 1 unspecified atom stereocenters. The maximum absolute atomic E-state index is 12.3. The molecule has 0 spiro atoms. The fourth-order valence-electron chi connectivity index (χ4n) is 2.02. The standard InChI is InChI=1S/C12H15N3O3/c1-7(13)15-11(16)10-8(14(2)12(15)17)5-4-6-9(10)18-3/h4-7H,13H2,1-3H3. The van der Waals surface area contributed by atoms with Gasteiger partial charge in [-0.1, -0.05) is 6.07 Å². The zero-order valence-electron chi connectivity index (χ0n) is 10.5. The molecule has 1 heterocycles. The number of hydrogen-bond donors (Lipinski definition) is 1. The number of nitrogens with zero attached hydrogens (tertiary/aromatic N) is 2. The molecule has 0 saturated carbocycles. The predicted molar refractivity (Wildman–Crippen MR) is 68.9 cm³/mol. The van der Waals surface area contributed by atoms with E-state index >= 15 is 0 Å². The Bertz CT molecular complexity index is 713. The van der Waals surface area contributed by atoms with Crippen LogP contribution in [0.15, 0.2) is 27.8 Å². The first-order valence-electron chi connectivity index (χ1n) is 5.53. The van der Waals surface area contributed by atoms with Crippen molar-refractivity contribution in [3.05, 3.63) is 39.0 Å². The predicted octanol–water partition coefficient (Wildman–Crippen LogP) is 0.186. The molecule has 18 heavy (non-hydrogen) atoms. The second-order valence-corrected chi connectivity index (χ2v) is 4.11. The molecule has 6 nitrogen and oxygen atoms in total. The normalized spacial score (nSPS) is 12.7. The molecule has 1 aromatic heterocycles. The molecule has 0 aliphatic carbocycles. The van der Waals surface area contributed by atoms with Gasteiger partial charge in [-0.3, -0.25) is 9.36 Å². The lowest BCUT2D eigenvalue weighted by Crippen LogP contribution is -2.43. The number of rotatable bonds is 2. The summed E-state index contributed by atoms with van der Waals surface area (Å²) in [5.74, 6) is 0.433. The van der Waals surface area contributed by atoms with E-state index in [-0.39, 0.29) is 0 Å². The van der Waals surface area contributed by atoms with Gasteiger partial charge in [0.2, 0.25) is 0 Å². The maximum atomic E-state index is 12.3. The van der Waals surface area contributed by atoms with Crippen LogP contribution in [-0.4, -0.2) is 16.2 Å². The summed E-state index contributed by atoms with van der Waals surface area (Å²) >= 11 is 0. The number of nitrogens with two attached hydrogens (primary N) is 1. The van der Waals surface area contributed by atoms with Crippen molar-refractivity contribution in [3.63, 3.8) is 0 Å². The third-order valence-electron chi connectivity index (χ3n) is 2.92. The first-order valence-corrected chi connectivity index (χ1v) is 5.53. The molecule has 0 amide bonds. The van der Waals surface area contributed by atoms with Crippen LogP contribution in [0.4, 0.5) is 0 Å². The van der Waals surface area contributed by atoms with Crippen LogP contribution in [0.1, 0.15) is 13.1 Å². The Morgan fingerprint density at radius 2 is 2.00 bits per heavy atom. The lowest BCUT2D eigenvalue weighted by Gasteiger charge is -2.14. The molecule has 0 saturated heterocycles. The van der Waals surface area contributed by atoms with E-state index in [4.69, 9.17) is 10.5 Å².